The van der Waals surface area contributed by atoms with E-state index in [4.69, 9.17) is 22.1 Å². The number of rotatable bonds is 4. The Balaban J connectivity index is 0.00000180. The van der Waals surface area contributed by atoms with Gasteiger partial charge in [0.2, 0.25) is 5.91 Å². The summed E-state index contributed by atoms with van der Waals surface area (Å²) < 4.78 is 5.57. The standard InChI is InChI=1S/C14H12ClNO2.ClH/c15-13-11(14(16)17)7-4-8-12(13)18-9-10-5-2-1-3-6-10;/h1-8H,9H2,(H2,16,17);1H. The Morgan fingerprint density at radius 2 is 1.79 bits per heavy atom. The Morgan fingerprint density at radius 3 is 2.42 bits per heavy atom. The molecule has 0 bridgehead atoms. The lowest BCUT2D eigenvalue weighted by atomic mass is 10.2. The number of hydrogen-bond donors (Lipinski definition) is 1. The highest BCUT2D eigenvalue weighted by molar-refractivity contribution is 6.35. The van der Waals surface area contributed by atoms with Gasteiger partial charge in [-0.05, 0) is 17.7 Å². The molecule has 1 amide bonds. The normalized spacial score (nSPS) is 9.53. The zero-order valence-electron chi connectivity index (χ0n) is 10.0. The number of carbonyl (C=O) groups excluding carboxylic acids is 1. The summed E-state index contributed by atoms with van der Waals surface area (Å²) in [4.78, 5) is 11.1. The van der Waals surface area contributed by atoms with E-state index in [-0.39, 0.29) is 23.0 Å². The van der Waals surface area contributed by atoms with Crippen molar-refractivity contribution in [2.45, 2.75) is 6.61 Å². The average Bonchev–Trinajstić information content (AvgIpc) is 2.38. The molecule has 100 valence electrons. The number of amides is 1. The van der Waals surface area contributed by atoms with E-state index in [1.807, 2.05) is 30.3 Å². The largest absolute Gasteiger partial charge is 0.487 e. The molecule has 0 aromatic heterocycles. The molecule has 2 N–H and O–H groups in total. The van der Waals surface area contributed by atoms with Crippen molar-refractivity contribution in [3.05, 3.63) is 64.7 Å². The molecular weight excluding hydrogens is 285 g/mol. The summed E-state index contributed by atoms with van der Waals surface area (Å²) in [6, 6.07) is 14.7. The zero-order chi connectivity index (χ0) is 13.0. The van der Waals surface area contributed by atoms with Crippen molar-refractivity contribution in [3.63, 3.8) is 0 Å². The van der Waals surface area contributed by atoms with Crippen LogP contribution in [0.1, 0.15) is 15.9 Å². The van der Waals surface area contributed by atoms with E-state index >= 15 is 0 Å². The summed E-state index contributed by atoms with van der Waals surface area (Å²) in [6.45, 7) is 0.392. The fourth-order valence-electron chi connectivity index (χ4n) is 1.55. The molecule has 0 unspecified atom stereocenters. The van der Waals surface area contributed by atoms with Gasteiger partial charge in [-0.2, -0.15) is 0 Å². The fourth-order valence-corrected chi connectivity index (χ4v) is 1.82. The van der Waals surface area contributed by atoms with Crippen LogP contribution in [0.3, 0.4) is 0 Å². The molecule has 2 rings (SSSR count). The molecule has 0 aliphatic carbocycles. The summed E-state index contributed by atoms with van der Waals surface area (Å²) in [5, 5.41) is 0.251. The lowest BCUT2D eigenvalue weighted by Crippen LogP contribution is -2.12. The van der Waals surface area contributed by atoms with Crippen molar-refractivity contribution < 1.29 is 9.53 Å². The van der Waals surface area contributed by atoms with Gasteiger partial charge >= 0.3 is 0 Å². The third-order valence-electron chi connectivity index (χ3n) is 2.47. The van der Waals surface area contributed by atoms with Gasteiger partial charge in [0.15, 0.2) is 0 Å². The second kappa shape index (κ2) is 7.02. The number of benzene rings is 2. The van der Waals surface area contributed by atoms with Gasteiger partial charge in [-0.15, -0.1) is 12.4 Å². The van der Waals surface area contributed by atoms with Gasteiger partial charge in [-0.3, -0.25) is 4.79 Å². The maximum atomic E-state index is 11.1. The number of primary amides is 1. The molecular formula is C14H13Cl2NO2. The summed E-state index contributed by atoms with van der Waals surface area (Å²) >= 11 is 6.04. The SMILES string of the molecule is Cl.NC(=O)c1cccc(OCc2ccccc2)c1Cl. The number of ether oxygens (including phenoxy) is 1. The first-order valence-corrected chi connectivity index (χ1v) is 5.81. The third kappa shape index (κ3) is 3.88. The first-order valence-electron chi connectivity index (χ1n) is 5.43. The molecule has 0 saturated carbocycles. The van der Waals surface area contributed by atoms with Crippen molar-refractivity contribution in [2.75, 3.05) is 0 Å². The quantitative estimate of drug-likeness (QED) is 0.940. The first-order chi connectivity index (χ1) is 8.68. The van der Waals surface area contributed by atoms with E-state index in [9.17, 15) is 4.79 Å². The smallest absolute Gasteiger partial charge is 0.250 e. The minimum Gasteiger partial charge on any atom is -0.487 e. The van der Waals surface area contributed by atoms with Gasteiger partial charge in [0, 0.05) is 0 Å². The van der Waals surface area contributed by atoms with Gasteiger partial charge in [0.1, 0.15) is 12.4 Å². The molecule has 0 aliphatic rings. The summed E-state index contributed by atoms with van der Waals surface area (Å²) in [5.74, 6) is -0.109. The van der Waals surface area contributed by atoms with Crippen LogP contribution in [0.2, 0.25) is 5.02 Å². The maximum Gasteiger partial charge on any atom is 0.250 e. The summed E-state index contributed by atoms with van der Waals surface area (Å²) in [5.41, 5.74) is 6.50. The number of carbonyl (C=O) groups is 1. The van der Waals surface area contributed by atoms with Crippen LogP contribution in [-0.4, -0.2) is 5.91 Å². The predicted octanol–water partition coefficient (Wildman–Crippen LogP) is 3.44. The van der Waals surface area contributed by atoms with Gasteiger partial charge in [0.05, 0.1) is 10.6 Å². The molecule has 2 aromatic carbocycles. The molecule has 0 spiro atoms. The second-order valence-electron chi connectivity index (χ2n) is 3.76. The Labute approximate surface area is 122 Å². The van der Waals surface area contributed by atoms with Crippen LogP contribution in [-0.2, 0) is 6.61 Å². The van der Waals surface area contributed by atoms with E-state index in [0.717, 1.165) is 5.56 Å². The van der Waals surface area contributed by atoms with Crippen molar-refractivity contribution in [1.29, 1.82) is 0 Å². The van der Waals surface area contributed by atoms with Crippen LogP contribution < -0.4 is 10.5 Å². The summed E-state index contributed by atoms with van der Waals surface area (Å²) in [7, 11) is 0. The topological polar surface area (TPSA) is 52.3 Å². The number of nitrogens with two attached hydrogens (primary N) is 1. The highest BCUT2D eigenvalue weighted by Crippen LogP contribution is 2.28. The maximum absolute atomic E-state index is 11.1. The minimum absolute atomic E-state index is 0. The molecule has 19 heavy (non-hydrogen) atoms. The molecule has 3 nitrogen and oxygen atoms in total. The Hall–Kier alpha value is -1.71. The Bertz CT molecular complexity index is 559. The highest BCUT2D eigenvalue weighted by atomic mass is 35.5. The van der Waals surface area contributed by atoms with Crippen molar-refractivity contribution in [2.24, 2.45) is 5.73 Å². The fraction of sp³-hybridized carbons (Fsp3) is 0.0714. The van der Waals surface area contributed by atoms with Gasteiger partial charge < -0.3 is 10.5 Å². The molecule has 5 heteroatoms. The van der Waals surface area contributed by atoms with Crippen molar-refractivity contribution in [3.8, 4) is 5.75 Å². The highest BCUT2D eigenvalue weighted by Gasteiger charge is 2.11. The second-order valence-corrected chi connectivity index (χ2v) is 4.13. The van der Waals surface area contributed by atoms with Crippen LogP contribution in [0, 0.1) is 0 Å². The first kappa shape index (κ1) is 15.3. The van der Waals surface area contributed by atoms with E-state index in [2.05, 4.69) is 0 Å². The molecule has 0 saturated heterocycles. The van der Waals surface area contributed by atoms with Crippen LogP contribution in [0.15, 0.2) is 48.5 Å². The van der Waals surface area contributed by atoms with Crippen molar-refractivity contribution >= 4 is 29.9 Å². The minimum atomic E-state index is -0.565. The molecule has 0 radical (unpaired) electrons. The molecule has 0 aliphatic heterocycles. The molecule has 0 fully saturated rings. The zero-order valence-corrected chi connectivity index (χ0v) is 11.6. The Kier molecular flexibility index (Phi) is 5.67. The van der Waals surface area contributed by atoms with Crippen LogP contribution in [0.25, 0.3) is 0 Å². The van der Waals surface area contributed by atoms with E-state index in [1.54, 1.807) is 18.2 Å². The molecule has 0 atom stereocenters. The third-order valence-corrected chi connectivity index (χ3v) is 2.86. The van der Waals surface area contributed by atoms with Gasteiger partial charge in [-0.1, -0.05) is 48.0 Å². The van der Waals surface area contributed by atoms with Gasteiger partial charge in [-0.25, -0.2) is 0 Å². The van der Waals surface area contributed by atoms with E-state index in [1.165, 1.54) is 0 Å². The average molecular weight is 298 g/mol. The monoisotopic (exact) mass is 297 g/mol. The van der Waals surface area contributed by atoms with Gasteiger partial charge in [0.25, 0.3) is 0 Å². The van der Waals surface area contributed by atoms with E-state index < -0.39 is 5.91 Å². The van der Waals surface area contributed by atoms with Crippen LogP contribution in [0.5, 0.6) is 5.75 Å². The molecule has 0 heterocycles. The van der Waals surface area contributed by atoms with Crippen LogP contribution in [0.4, 0.5) is 0 Å². The van der Waals surface area contributed by atoms with Crippen molar-refractivity contribution in [1.82, 2.24) is 0 Å². The number of halogens is 2. The number of hydrogen-bond acceptors (Lipinski definition) is 2. The van der Waals surface area contributed by atoms with E-state index in [0.29, 0.717) is 12.4 Å². The lowest BCUT2D eigenvalue weighted by Gasteiger charge is -2.09. The molecule has 2 aromatic rings. The van der Waals surface area contributed by atoms with Crippen LogP contribution >= 0.6 is 24.0 Å². The Morgan fingerprint density at radius 1 is 1.11 bits per heavy atom. The summed E-state index contributed by atoms with van der Waals surface area (Å²) in [6.07, 6.45) is 0. The predicted molar refractivity (Wildman–Crippen MR) is 78.0 cm³/mol. The lowest BCUT2D eigenvalue weighted by molar-refractivity contribution is 0.1000.